The van der Waals surface area contributed by atoms with Gasteiger partial charge in [0.15, 0.2) is 0 Å². The van der Waals surface area contributed by atoms with Crippen molar-refractivity contribution in [3.63, 3.8) is 0 Å². The Kier molecular flexibility index (Phi) is 5.89. The fourth-order valence-electron chi connectivity index (χ4n) is 2.36. The Morgan fingerprint density at radius 3 is 2.43 bits per heavy atom. The highest BCUT2D eigenvalue weighted by molar-refractivity contribution is 5.45. The van der Waals surface area contributed by atoms with Crippen LogP contribution in [0, 0.1) is 0 Å². The molecule has 0 aromatic heterocycles. The molecule has 1 unspecified atom stereocenters. The minimum Gasteiger partial charge on any atom is -0.497 e. The summed E-state index contributed by atoms with van der Waals surface area (Å²) in [6, 6.07) is 18.9. The zero-order valence-corrected chi connectivity index (χ0v) is 12.6. The smallest absolute Gasteiger partial charge is 0.118 e. The lowest BCUT2D eigenvalue weighted by Gasteiger charge is -2.20. The molecule has 0 heterocycles. The Labute approximate surface area is 127 Å². The standard InChI is InChI=1S/C19H23NO/c1-3-4-6-11-19(20-17-9-7-5-8-10-17)16-12-14-18(21-2)15-13-16/h3,5,7-10,12-15,19-20H,1,4,6,11H2,2H3. The first-order valence-corrected chi connectivity index (χ1v) is 7.40. The molecule has 1 N–H and O–H groups in total. The fraction of sp³-hybridized carbons (Fsp3) is 0.263. The number of nitrogens with one attached hydrogen (secondary N) is 1. The third kappa shape index (κ3) is 4.67. The third-order valence-corrected chi connectivity index (χ3v) is 3.53. The van der Waals surface area contributed by atoms with Crippen LogP contribution in [0.25, 0.3) is 0 Å². The van der Waals surface area contributed by atoms with Crippen LogP contribution >= 0.6 is 0 Å². The van der Waals surface area contributed by atoms with Crippen LogP contribution in [0.1, 0.15) is 30.9 Å². The van der Waals surface area contributed by atoms with Gasteiger partial charge in [-0.2, -0.15) is 0 Å². The summed E-state index contributed by atoms with van der Waals surface area (Å²) < 4.78 is 5.23. The highest BCUT2D eigenvalue weighted by Gasteiger charge is 2.11. The number of rotatable bonds is 8. The van der Waals surface area contributed by atoms with Crippen molar-refractivity contribution >= 4 is 5.69 Å². The van der Waals surface area contributed by atoms with E-state index in [4.69, 9.17) is 4.74 Å². The maximum absolute atomic E-state index is 5.23. The average Bonchev–Trinajstić information content (AvgIpc) is 2.55. The predicted octanol–water partition coefficient (Wildman–Crippen LogP) is 5.20. The molecule has 2 heteroatoms. The molecule has 2 nitrogen and oxygen atoms in total. The van der Waals surface area contributed by atoms with Crippen molar-refractivity contribution in [2.45, 2.75) is 25.3 Å². The van der Waals surface area contributed by atoms with Crippen molar-refractivity contribution in [2.24, 2.45) is 0 Å². The Bertz CT molecular complexity index is 533. The molecule has 0 saturated heterocycles. The minimum absolute atomic E-state index is 0.304. The molecule has 1 atom stereocenters. The normalized spacial score (nSPS) is 11.7. The second kappa shape index (κ2) is 8.15. The van der Waals surface area contributed by atoms with Gasteiger partial charge in [-0.3, -0.25) is 0 Å². The van der Waals surface area contributed by atoms with Gasteiger partial charge >= 0.3 is 0 Å². The van der Waals surface area contributed by atoms with Crippen molar-refractivity contribution < 1.29 is 4.74 Å². The zero-order chi connectivity index (χ0) is 14.9. The molecule has 21 heavy (non-hydrogen) atoms. The Hall–Kier alpha value is -2.22. The first kappa shape index (κ1) is 15.2. The van der Waals surface area contributed by atoms with Gasteiger partial charge in [0, 0.05) is 5.69 Å². The lowest BCUT2D eigenvalue weighted by atomic mass is 10.0. The van der Waals surface area contributed by atoms with Gasteiger partial charge in [-0.1, -0.05) is 36.4 Å². The third-order valence-electron chi connectivity index (χ3n) is 3.53. The molecule has 0 fully saturated rings. The van der Waals surface area contributed by atoms with Gasteiger partial charge in [-0.15, -0.1) is 6.58 Å². The van der Waals surface area contributed by atoms with Crippen LogP contribution < -0.4 is 10.1 Å². The first-order chi connectivity index (χ1) is 10.3. The molecule has 110 valence electrons. The van der Waals surface area contributed by atoms with Crippen LogP contribution in [-0.4, -0.2) is 7.11 Å². The largest absolute Gasteiger partial charge is 0.497 e. The van der Waals surface area contributed by atoms with Gasteiger partial charge in [-0.05, 0) is 49.1 Å². The van der Waals surface area contributed by atoms with Crippen LogP contribution in [0.3, 0.4) is 0 Å². The molecule has 0 bridgehead atoms. The van der Waals surface area contributed by atoms with E-state index in [-0.39, 0.29) is 0 Å². The summed E-state index contributed by atoms with van der Waals surface area (Å²) >= 11 is 0. The van der Waals surface area contributed by atoms with Crippen molar-refractivity contribution in [3.05, 3.63) is 72.8 Å². The number of anilines is 1. The van der Waals surface area contributed by atoms with Crippen LogP contribution in [0.4, 0.5) is 5.69 Å². The molecule has 2 rings (SSSR count). The quantitative estimate of drug-likeness (QED) is 0.530. The molecule has 0 amide bonds. The summed E-state index contributed by atoms with van der Waals surface area (Å²) in [5.74, 6) is 0.892. The van der Waals surface area contributed by atoms with E-state index in [1.165, 1.54) is 5.56 Å². The Balaban J connectivity index is 2.11. The van der Waals surface area contributed by atoms with E-state index in [1.807, 2.05) is 24.3 Å². The highest BCUT2D eigenvalue weighted by Crippen LogP contribution is 2.26. The Morgan fingerprint density at radius 2 is 1.81 bits per heavy atom. The molecule has 2 aromatic rings. The first-order valence-electron chi connectivity index (χ1n) is 7.40. The summed E-state index contributed by atoms with van der Waals surface area (Å²) in [6.07, 6.45) is 5.23. The van der Waals surface area contributed by atoms with Crippen LogP contribution in [0.2, 0.25) is 0 Å². The molecular weight excluding hydrogens is 258 g/mol. The number of allylic oxidation sites excluding steroid dienone is 1. The fourth-order valence-corrected chi connectivity index (χ4v) is 2.36. The maximum atomic E-state index is 5.23. The van der Waals surface area contributed by atoms with Crippen LogP contribution in [-0.2, 0) is 0 Å². The molecular formula is C19H23NO. The average molecular weight is 281 g/mol. The van der Waals surface area contributed by atoms with Crippen LogP contribution in [0.15, 0.2) is 67.3 Å². The maximum Gasteiger partial charge on any atom is 0.118 e. The molecule has 0 aliphatic carbocycles. The Morgan fingerprint density at radius 1 is 1.10 bits per heavy atom. The van der Waals surface area contributed by atoms with Crippen molar-refractivity contribution in [2.75, 3.05) is 12.4 Å². The molecule has 2 aromatic carbocycles. The lowest BCUT2D eigenvalue weighted by molar-refractivity contribution is 0.414. The van der Waals surface area contributed by atoms with Gasteiger partial charge in [0.05, 0.1) is 13.2 Å². The van der Waals surface area contributed by atoms with Gasteiger partial charge < -0.3 is 10.1 Å². The molecule has 0 spiro atoms. The molecule has 0 aliphatic heterocycles. The lowest BCUT2D eigenvalue weighted by Crippen LogP contribution is -2.10. The van der Waals surface area contributed by atoms with E-state index in [0.29, 0.717) is 6.04 Å². The zero-order valence-electron chi connectivity index (χ0n) is 12.6. The summed E-state index contributed by atoms with van der Waals surface area (Å²) in [6.45, 7) is 3.80. The van der Waals surface area contributed by atoms with Gasteiger partial charge in [0.25, 0.3) is 0 Å². The van der Waals surface area contributed by atoms with Gasteiger partial charge in [0.1, 0.15) is 5.75 Å². The number of hydrogen-bond acceptors (Lipinski definition) is 2. The number of methoxy groups -OCH3 is 1. The van der Waals surface area contributed by atoms with Crippen molar-refractivity contribution in [1.29, 1.82) is 0 Å². The number of hydrogen-bond donors (Lipinski definition) is 1. The molecule has 0 aliphatic rings. The summed E-state index contributed by atoms with van der Waals surface area (Å²) in [5.41, 5.74) is 2.43. The summed E-state index contributed by atoms with van der Waals surface area (Å²) in [7, 11) is 1.69. The van der Waals surface area contributed by atoms with Crippen molar-refractivity contribution in [1.82, 2.24) is 0 Å². The van der Waals surface area contributed by atoms with E-state index >= 15 is 0 Å². The monoisotopic (exact) mass is 281 g/mol. The van der Waals surface area contributed by atoms with E-state index in [2.05, 4.69) is 48.3 Å². The minimum atomic E-state index is 0.304. The second-order valence-electron chi connectivity index (χ2n) is 5.06. The molecule has 0 radical (unpaired) electrons. The summed E-state index contributed by atoms with van der Waals surface area (Å²) in [4.78, 5) is 0. The highest BCUT2D eigenvalue weighted by atomic mass is 16.5. The second-order valence-corrected chi connectivity index (χ2v) is 5.06. The number of benzene rings is 2. The SMILES string of the molecule is C=CCCCC(Nc1ccccc1)c1ccc(OC)cc1. The topological polar surface area (TPSA) is 21.3 Å². The van der Waals surface area contributed by atoms with E-state index in [9.17, 15) is 0 Å². The number of para-hydroxylation sites is 1. The summed E-state index contributed by atoms with van der Waals surface area (Å²) in [5, 5.41) is 3.62. The van der Waals surface area contributed by atoms with Crippen LogP contribution in [0.5, 0.6) is 5.75 Å². The van der Waals surface area contributed by atoms with Gasteiger partial charge in [0.2, 0.25) is 0 Å². The van der Waals surface area contributed by atoms with E-state index < -0.39 is 0 Å². The predicted molar refractivity (Wildman–Crippen MR) is 89.8 cm³/mol. The van der Waals surface area contributed by atoms with Crippen molar-refractivity contribution in [3.8, 4) is 5.75 Å². The van der Waals surface area contributed by atoms with E-state index in [1.54, 1.807) is 7.11 Å². The number of unbranched alkanes of at least 4 members (excludes halogenated alkanes) is 1. The van der Waals surface area contributed by atoms with Gasteiger partial charge in [-0.25, -0.2) is 0 Å². The number of ether oxygens (including phenoxy) is 1. The van der Waals surface area contributed by atoms with E-state index in [0.717, 1.165) is 30.7 Å². The molecule has 0 saturated carbocycles.